The lowest BCUT2D eigenvalue weighted by atomic mass is 9.99. The summed E-state index contributed by atoms with van der Waals surface area (Å²) in [5.41, 5.74) is 7.88. The summed E-state index contributed by atoms with van der Waals surface area (Å²) in [6.45, 7) is 2.22. The molecule has 3 nitrogen and oxygen atoms in total. The molecule has 5 heteroatoms. The Morgan fingerprint density at radius 2 is 1.89 bits per heavy atom. The van der Waals surface area contributed by atoms with E-state index in [1.54, 1.807) is 6.07 Å². The van der Waals surface area contributed by atoms with Crippen LogP contribution in [0.15, 0.2) is 12.1 Å². The van der Waals surface area contributed by atoms with Gasteiger partial charge in [-0.1, -0.05) is 36.0 Å². The molecule has 2 aromatic rings. The van der Waals surface area contributed by atoms with Crippen LogP contribution in [0.3, 0.4) is 0 Å². The minimum atomic E-state index is 0.352. The molecule has 1 atom stereocenters. The van der Waals surface area contributed by atoms with Crippen molar-refractivity contribution in [2.45, 2.75) is 38.6 Å². The van der Waals surface area contributed by atoms with Crippen molar-refractivity contribution in [2.24, 2.45) is 5.92 Å². The Hall–Kier alpha value is -0.930. The monoisotopic (exact) mass is 297 g/mol. The largest absolute Gasteiger partial charge is 0.369 e. The second-order valence-electron chi connectivity index (χ2n) is 5.38. The van der Waals surface area contributed by atoms with Crippen LogP contribution in [-0.2, 0) is 0 Å². The minimum absolute atomic E-state index is 0.352. The van der Waals surface area contributed by atoms with E-state index in [2.05, 4.69) is 16.5 Å². The number of anilines is 1. The van der Waals surface area contributed by atoms with Gasteiger partial charge in [-0.15, -0.1) is 0 Å². The average Bonchev–Trinajstić information content (AvgIpc) is 2.97. The average molecular weight is 298 g/mol. The molecule has 1 fully saturated rings. The van der Waals surface area contributed by atoms with Crippen molar-refractivity contribution in [3.05, 3.63) is 22.2 Å². The summed E-state index contributed by atoms with van der Waals surface area (Å²) in [5, 5.41) is 1.07. The number of aromatic nitrogens is 2. The molecule has 2 N–H and O–H groups in total. The van der Waals surface area contributed by atoms with Crippen LogP contribution < -0.4 is 5.73 Å². The van der Waals surface area contributed by atoms with E-state index < -0.39 is 0 Å². The van der Waals surface area contributed by atoms with E-state index in [9.17, 15) is 0 Å². The lowest BCUT2D eigenvalue weighted by Crippen LogP contribution is -2.16. The van der Waals surface area contributed by atoms with Gasteiger partial charge in [0.1, 0.15) is 0 Å². The first kappa shape index (κ1) is 13.1. The highest BCUT2D eigenvalue weighted by molar-refractivity contribution is 6.42. The van der Waals surface area contributed by atoms with Gasteiger partial charge in [0.05, 0.1) is 21.1 Å². The molecule has 0 amide bonds. The molecule has 1 aliphatic rings. The van der Waals surface area contributed by atoms with Gasteiger partial charge in [0.15, 0.2) is 0 Å². The highest BCUT2D eigenvalue weighted by atomic mass is 35.5. The third-order valence-corrected chi connectivity index (χ3v) is 4.97. The second kappa shape index (κ2) is 4.88. The normalized spacial score (nSPS) is 18.3. The summed E-state index contributed by atoms with van der Waals surface area (Å²) < 4.78 is 2.10. The standard InChI is InChI=1S/C14H17Cl2N3/c1-8(9-4-2-3-5-9)19-13-7-11(16)10(15)6-12(13)18-14(19)17/h6-9H,2-5H2,1H3,(H2,17,18). The van der Waals surface area contributed by atoms with Gasteiger partial charge in [-0.25, -0.2) is 4.98 Å². The van der Waals surface area contributed by atoms with Gasteiger partial charge in [-0.05, 0) is 37.8 Å². The van der Waals surface area contributed by atoms with Crippen LogP contribution >= 0.6 is 23.2 Å². The van der Waals surface area contributed by atoms with Crippen molar-refractivity contribution in [1.29, 1.82) is 0 Å². The predicted octanol–water partition coefficient (Wildman–Crippen LogP) is 4.68. The first-order valence-corrected chi connectivity index (χ1v) is 7.46. The van der Waals surface area contributed by atoms with Crippen LogP contribution in [0.4, 0.5) is 5.95 Å². The van der Waals surface area contributed by atoms with Gasteiger partial charge in [-0.2, -0.15) is 0 Å². The van der Waals surface area contributed by atoms with Crippen LogP contribution in [0.25, 0.3) is 11.0 Å². The van der Waals surface area contributed by atoms with E-state index >= 15 is 0 Å². The number of hydrogen-bond acceptors (Lipinski definition) is 2. The number of nitrogen functional groups attached to an aromatic ring is 1. The molecule has 0 bridgehead atoms. The fraction of sp³-hybridized carbons (Fsp3) is 0.500. The molecule has 102 valence electrons. The third-order valence-electron chi connectivity index (χ3n) is 4.25. The van der Waals surface area contributed by atoms with Gasteiger partial charge in [-0.3, -0.25) is 0 Å². The maximum absolute atomic E-state index is 6.12. The van der Waals surface area contributed by atoms with Crippen LogP contribution in [0.5, 0.6) is 0 Å². The predicted molar refractivity (Wildman–Crippen MR) is 80.8 cm³/mol. The Morgan fingerprint density at radius 1 is 1.26 bits per heavy atom. The molecule has 1 aliphatic carbocycles. The topological polar surface area (TPSA) is 43.8 Å². The number of hydrogen-bond donors (Lipinski definition) is 1. The number of halogens is 2. The first-order chi connectivity index (χ1) is 9.08. The number of imidazole rings is 1. The van der Waals surface area contributed by atoms with E-state index in [4.69, 9.17) is 28.9 Å². The Labute approximate surface area is 122 Å². The molecule has 1 heterocycles. The summed E-state index contributed by atoms with van der Waals surface area (Å²) in [5.74, 6) is 1.22. The van der Waals surface area contributed by atoms with E-state index in [1.807, 2.05) is 6.07 Å². The van der Waals surface area contributed by atoms with Gasteiger partial charge >= 0.3 is 0 Å². The molecule has 3 rings (SSSR count). The Kier molecular flexibility index (Phi) is 3.35. The van der Waals surface area contributed by atoms with Crippen molar-refractivity contribution in [2.75, 3.05) is 5.73 Å². The SMILES string of the molecule is CC(C1CCCC1)n1c(N)nc2cc(Cl)c(Cl)cc21. The van der Waals surface area contributed by atoms with Crippen LogP contribution in [-0.4, -0.2) is 9.55 Å². The van der Waals surface area contributed by atoms with Crippen molar-refractivity contribution >= 4 is 40.2 Å². The lowest BCUT2D eigenvalue weighted by molar-refractivity contribution is 0.371. The Bertz CT molecular complexity index is 615. The molecule has 1 saturated carbocycles. The molecule has 0 spiro atoms. The molecule has 0 saturated heterocycles. The zero-order chi connectivity index (χ0) is 13.6. The molecular formula is C14H17Cl2N3. The quantitative estimate of drug-likeness (QED) is 0.875. The fourth-order valence-corrected chi connectivity index (χ4v) is 3.50. The maximum atomic E-state index is 6.12. The summed E-state index contributed by atoms with van der Waals surface area (Å²) in [7, 11) is 0. The van der Waals surface area contributed by atoms with Crippen LogP contribution in [0.2, 0.25) is 10.0 Å². The fourth-order valence-electron chi connectivity index (χ4n) is 3.19. The second-order valence-corrected chi connectivity index (χ2v) is 6.19. The Balaban J connectivity index is 2.11. The van der Waals surface area contributed by atoms with Gasteiger partial charge < -0.3 is 10.3 Å². The molecule has 0 radical (unpaired) electrons. The smallest absolute Gasteiger partial charge is 0.201 e. The van der Waals surface area contributed by atoms with Crippen molar-refractivity contribution in [3.8, 4) is 0 Å². The lowest BCUT2D eigenvalue weighted by Gasteiger charge is -2.22. The zero-order valence-electron chi connectivity index (χ0n) is 10.9. The first-order valence-electron chi connectivity index (χ1n) is 6.70. The van der Waals surface area contributed by atoms with E-state index in [0.29, 0.717) is 28.0 Å². The molecule has 1 aromatic heterocycles. The van der Waals surface area contributed by atoms with Gasteiger partial charge in [0.2, 0.25) is 5.95 Å². The maximum Gasteiger partial charge on any atom is 0.201 e. The van der Waals surface area contributed by atoms with Crippen LogP contribution in [0.1, 0.15) is 38.6 Å². The zero-order valence-corrected chi connectivity index (χ0v) is 12.4. The van der Waals surface area contributed by atoms with Crippen LogP contribution in [0, 0.1) is 5.92 Å². The summed E-state index contributed by atoms with van der Waals surface area (Å²) >= 11 is 12.2. The Morgan fingerprint density at radius 3 is 2.58 bits per heavy atom. The van der Waals surface area contributed by atoms with E-state index in [0.717, 1.165) is 11.0 Å². The number of nitrogens with zero attached hydrogens (tertiary/aromatic N) is 2. The van der Waals surface area contributed by atoms with E-state index in [-0.39, 0.29) is 0 Å². The molecule has 1 unspecified atom stereocenters. The van der Waals surface area contributed by atoms with Crippen molar-refractivity contribution < 1.29 is 0 Å². The number of benzene rings is 1. The highest BCUT2D eigenvalue weighted by Gasteiger charge is 2.25. The summed E-state index contributed by atoms with van der Waals surface area (Å²) in [4.78, 5) is 4.41. The number of rotatable bonds is 2. The van der Waals surface area contributed by atoms with E-state index in [1.165, 1.54) is 25.7 Å². The molecule has 0 aliphatic heterocycles. The van der Waals surface area contributed by atoms with Gasteiger partial charge in [0.25, 0.3) is 0 Å². The summed E-state index contributed by atoms with van der Waals surface area (Å²) in [6, 6.07) is 4.01. The van der Waals surface area contributed by atoms with Crippen molar-refractivity contribution in [1.82, 2.24) is 9.55 Å². The summed E-state index contributed by atoms with van der Waals surface area (Å²) in [6.07, 6.45) is 5.16. The highest BCUT2D eigenvalue weighted by Crippen LogP contribution is 2.38. The third kappa shape index (κ3) is 2.19. The number of nitrogens with two attached hydrogens (primary N) is 1. The number of fused-ring (bicyclic) bond motifs is 1. The van der Waals surface area contributed by atoms with Gasteiger partial charge in [0, 0.05) is 6.04 Å². The molecule has 1 aromatic carbocycles. The molecular weight excluding hydrogens is 281 g/mol. The molecule has 19 heavy (non-hydrogen) atoms. The van der Waals surface area contributed by atoms with Crippen molar-refractivity contribution in [3.63, 3.8) is 0 Å². The minimum Gasteiger partial charge on any atom is -0.369 e.